The van der Waals surface area contributed by atoms with Gasteiger partial charge in [0.15, 0.2) is 0 Å². The maximum Gasteiger partial charge on any atom is 0.258 e. The SMILES string of the molecule is CC(=O)N[C@@H]1CC[C@H]2CCOc3ccccc3C(=O)N3CCN(C4CCC(F)(F)CC4)C[C@H]3C(=O)NC[C@H]1O2. The summed E-state index contributed by atoms with van der Waals surface area (Å²) in [5, 5.41) is 5.93. The van der Waals surface area contributed by atoms with Crippen LogP contribution in [0.3, 0.4) is 0 Å². The molecule has 1 aromatic rings. The molecule has 2 saturated heterocycles. The summed E-state index contributed by atoms with van der Waals surface area (Å²) in [6, 6.07) is 5.95. The van der Waals surface area contributed by atoms with Crippen molar-refractivity contribution in [2.45, 2.75) is 88.1 Å². The first-order valence-corrected chi connectivity index (χ1v) is 14.0. The van der Waals surface area contributed by atoms with Crippen molar-refractivity contribution in [3.63, 3.8) is 0 Å². The third kappa shape index (κ3) is 6.51. The van der Waals surface area contributed by atoms with Gasteiger partial charge in [0.2, 0.25) is 17.7 Å². The van der Waals surface area contributed by atoms with E-state index in [1.807, 2.05) is 0 Å². The van der Waals surface area contributed by atoms with E-state index in [-0.39, 0.29) is 61.8 Å². The van der Waals surface area contributed by atoms with Gasteiger partial charge in [0, 0.05) is 58.4 Å². The van der Waals surface area contributed by atoms with E-state index >= 15 is 0 Å². The molecule has 0 spiro atoms. The lowest BCUT2D eigenvalue weighted by Crippen LogP contribution is -2.63. The van der Waals surface area contributed by atoms with Gasteiger partial charge in [-0.1, -0.05) is 12.1 Å². The summed E-state index contributed by atoms with van der Waals surface area (Å²) in [5.74, 6) is -2.95. The normalized spacial score (nSPS) is 30.7. The minimum absolute atomic E-state index is 0.0509. The first-order chi connectivity index (χ1) is 18.7. The first-order valence-electron chi connectivity index (χ1n) is 14.0. The average molecular weight is 549 g/mol. The number of nitrogens with zero attached hydrogens (tertiary/aromatic N) is 2. The van der Waals surface area contributed by atoms with Crippen molar-refractivity contribution >= 4 is 17.7 Å². The Bertz CT molecular complexity index is 1060. The van der Waals surface area contributed by atoms with E-state index in [0.717, 1.165) is 12.8 Å². The van der Waals surface area contributed by atoms with Crippen LogP contribution in [0.15, 0.2) is 24.3 Å². The molecule has 4 atom stereocenters. The minimum Gasteiger partial charge on any atom is -0.493 e. The van der Waals surface area contributed by atoms with E-state index in [1.165, 1.54) is 6.92 Å². The monoisotopic (exact) mass is 548 g/mol. The Morgan fingerprint density at radius 3 is 2.62 bits per heavy atom. The van der Waals surface area contributed by atoms with Crippen LogP contribution in [-0.4, -0.2) is 96.6 Å². The molecular formula is C28H38F2N4O5. The number of piperazine rings is 1. The fourth-order valence-corrected chi connectivity index (χ4v) is 6.33. The number of hydrogen-bond acceptors (Lipinski definition) is 6. The second-order valence-electron chi connectivity index (χ2n) is 11.2. The van der Waals surface area contributed by atoms with Gasteiger partial charge in [-0.15, -0.1) is 0 Å². The molecule has 1 aliphatic carbocycles. The van der Waals surface area contributed by atoms with Gasteiger partial charge in [-0.25, -0.2) is 8.78 Å². The Kier molecular flexibility index (Phi) is 8.37. The number of ether oxygens (including phenoxy) is 2. The number of alkyl halides is 2. The molecule has 214 valence electrons. The van der Waals surface area contributed by atoms with Crippen LogP contribution in [0, 0.1) is 0 Å². The van der Waals surface area contributed by atoms with E-state index < -0.39 is 18.1 Å². The summed E-state index contributed by atoms with van der Waals surface area (Å²) in [6.07, 6.45) is 1.95. The van der Waals surface area contributed by atoms with Gasteiger partial charge < -0.3 is 25.0 Å². The molecule has 0 aromatic heterocycles. The van der Waals surface area contributed by atoms with E-state index in [4.69, 9.17) is 9.47 Å². The van der Waals surface area contributed by atoms with Gasteiger partial charge in [-0.2, -0.15) is 0 Å². The number of benzene rings is 1. The maximum atomic E-state index is 13.8. The highest BCUT2D eigenvalue weighted by molar-refractivity contribution is 6.00. The number of hydrogen-bond donors (Lipinski definition) is 2. The van der Waals surface area contributed by atoms with Crippen LogP contribution in [0.1, 0.15) is 62.2 Å². The third-order valence-corrected chi connectivity index (χ3v) is 8.48. The predicted octanol–water partition coefficient (Wildman–Crippen LogP) is 2.34. The van der Waals surface area contributed by atoms with Crippen LogP contribution >= 0.6 is 0 Å². The maximum absolute atomic E-state index is 13.8. The summed E-state index contributed by atoms with van der Waals surface area (Å²) in [5.41, 5.74) is 0.395. The molecule has 1 saturated carbocycles. The van der Waals surface area contributed by atoms with Crippen molar-refractivity contribution in [2.75, 3.05) is 32.8 Å². The summed E-state index contributed by atoms with van der Waals surface area (Å²) < 4.78 is 40.0. The Hall–Kier alpha value is -2.79. The van der Waals surface area contributed by atoms with Crippen molar-refractivity contribution < 1.29 is 32.6 Å². The number of rotatable bonds is 2. The number of para-hydroxylation sites is 1. The summed E-state index contributed by atoms with van der Waals surface area (Å²) in [4.78, 5) is 42.9. The Morgan fingerprint density at radius 1 is 1.08 bits per heavy atom. The van der Waals surface area contributed by atoms with Gasteiger partial charge in [-0.05, 0) is 37.8 Å². The summed E-state index contributed by atoms with van der Waals surface area (Å²) in [6.45, 7) is 3.08. The first kappa shape index (κ1) is 27.8. The number of amides is 3. The summed E-state index contributed by atoms with van der Waals surface area (Å²) in [7, 11) is 0. The van der Waals surface area contributed by atoms with Gasteiger partial charge in [0.1, 0.15) is 11.8 Å². The van der Waals surface area contributed by atoms with Crippen LogP contribution in [0.5, 0.6) is 5.75 Å². The smallest absolute Gasteiger partial charge is 0.258 e. The molecule has 0 unspecified atom stereocenters. The van der Waals surface area contributed by atoms with E-state index in [9.17, 15) is 23.2 Å². The van der Waals surface area contributed by atoms with E-state index in [1.54, 1.807) is 29.2 Å². The van der Waals surface area contributed by atoms with Gasteiger partial charge in [0.25, 0.3) is 5.91 Å². The number of carbonyl (C=O) groups excluding carboxylic acids is 3. The molecule has 1 aromatic carbocycles. The van der Waals surface area contributed by atoms with E-state index in [0.29, 0.717) is 50.3 Å². The van der Waals surface area contributed by atoms with Crippen LogP contribution in [-0.2, 0) is 14.3 Å². The van der Waals surface area contributed by atoms with Crippen LogP contribution in [0.4, 0.5) is 8.78 Å². The lowest BCUT2D eigenvalue weighted by Gasteiger charge is -2.45. The molecule has 3 aliphatic heterocycles. The van der Waals surface area contributed by atoms with Crippen molar-refractivity contribution in [1.29, 1.82) is 0 Å². The largest absolute Gasteiger partial charge is 0.493 e. The second kappa shape index (κ2) is 11.8. The lowest BCUT2D eigenvalue weighted by atomic mass is 9.90. The fraction of sp³-hybridized carbons (Fsp3) is 0.679. The topological polar surface area (TPSA) is 100 Å². The molecule has 9 nitrogen and oxygen atoms in total. The highest BCUT2D eigenvalue weighted by Gasteiger charge is 2.42. The lowest BCUT2D eigenvalue weighted by molar-refractivity contribution is -0.132. The molecule has 2 N–H and O–H groups in total. The van der Waals surface area contributed by atoms with Crippen LogP contribution < -0.4 is 15.4 Å². The zero-order valence-corrected chi connectivity index (χ0v) is 22.4. The highest BCUT2D eigenvalue weighted by atomic mass is 19.3. The second-order valence-corrected chi connectivity index (χ2v) is 11.2. The molecule has 3 heterocycles. The minimum atomic E-state index is -2.64. The Labute approximate surface area is 227 Å². The molecule has 3 fully saturated rings. The fourth-order valence-electron chi connectivity index (χ4n) is 6.33. The van der Waals surface area contributed by atoms with Crippen LogP contribution in [0.25, 0.3) is 0 Å². The highest BCUT2D eigenvalue weighted by Crippen LogP contribution is 2.36. The zero-order valence-electron chi connectivity index (χ0n) is 22.4. The Morgan fingerprint density at radius 2 is 1.85 bits per heavy atom. The number of nitrogens with one attached hydrogen (secondary N) is 2. The van der Waals surface area contributed by atoms with Crippen molar-refractivity contribution in [1.82, 2.24) is 20.4 Å². The number of fused-ring (bicyclic) bond motifs is 4. The van der Waals surface area contributed by atoms with Crippen molar-refractivity contribution in [2.24, 2.45) is 0 Å². The molecule has 0 radical (unpaired) electrons. The number of carbonyl (C=O) groups is 3. The predicted molar refractivity (Wildman–Crippen MR) is 139 cm³/mol. The van der Waals surface area contributed by atoms with Crippen molar-refractivity contribution in [3.05, 3.63) is 29.8 Å². The molecule has 5 rings (SSSR count). The number of halogens is 2. The molecular weight excluding hydrogens is 510 g/mol. The molecule has 2 bridgehead atoms. The van der Waals surface area contributed by atoms with Gasteiger partial charge in [-0.3, -0.25) is 19.3 Å². The molecule has 3 amide bonds. The standard InChI is InChI=1S/C28H38F2N4O5/c1-18(35)32-22-7-6-20-10-15-38-24-5-3-2-4-21(24)27(37)34-14-13-33(19-8-11-28(29,30)12-9-19)17-23(34)26(36)31-16-25(22)39-20/h2-5,19-20,22-23,25H,6-17H2,1H3,(H,31,36)(H,32,35)/t20-,22+,23-,25+/m0/s1. The quantitative estimate of drug-likeness (QED) is 0.589. The average Bonchev–Trinajstić information content (AvgIpc) is 2.91. The summed E-state index contributed by atoms with van der Waals surface area (Å²) >= 11 is 0. The molecule has 4 aliphatic rings. The van der Waals surface area contributed by atoms with E-state index in [2.05, 4.69) is 15.5 Å². The molecule has 11 heteroatoms. The Balaban J connectivity index is 1.40. The third-order valence-electron chi connectivity index (χ3n) is 8.48. The van der Waals surface area contributed by atoms with Gasteiger partial charge >= 0.3 is 0 Å². The van der Waals surface area contributed by atoms with Crippen LogP contribution in [0.2, 0.25) is 0 Å². The van der Waals surface area contributed by atoms with Gasteiger partial charge in [0.05, 0.1) is 30.4 Å². The zero-order chi connectivity index (χ0) is 27.6. The molecule has 39 heavy (non-hydrogen) atoms. The van der Waals surface area contributed by atoms with Crippen molar-refractivity contribution in [3.8, 4) is 5.75 Å².